The molecule has 2 amide bonds. The molecule has 2 N–H and O–H groups in total. The van der Waals surface area contributed by atoms with E-state index >= 15 is 0 Å². The van der Waals surface area contributed by atoms with E-state index in [9.17, 15) is 9.59 Å². The molecule has 0 aromatic heterocycles. The monoisotopic (exact) mass is 427 g/mol. The molecule has 1 unspecified atom stereocenters. The minimum absolute atomic E-state index is 0. The number of methoxy groups -OCH3 is 2. The molecule has 0 saturated carbocycles. The second kappa shape index (κ2) is 11.2. The number of hydrogen-bond acceptors (Lipinski definition) is 6. The summed E-state index contributed by atoms with van der Waals surface area (Å²) >= 11 is 0. The minimum Gasteiger partial charge on any atom is -0.493 e. The molecule has 0 aliphatic carbocycles. The summed E-state index contributed by atoms with van der Waals surface area (Å²) < 4.78 is 16.1. The maximum absolute atomic E-state index is 12.6. The highest BCUT2D eigenvalue weighted by molar-refractivity contribution is 5.85. The summed E-state index contributed by atoms with van der Waals surface area (Å²) in [6.07, 6.45) is 1.38. The highest BCUT2D eigenvalue weighted by atomic mass is 35.5. The van der Waals surface area contributed by atoms with Crippen molar-refractivity contribution in [2.75, 3.05) is 47.0 Å². The highest BCUT2D eigenvalue weighted by Crippen LogP contribution is 2.33. The second-order valence-electron chi connectivity index (χ2n) is 7.00. The van der Waals surface area contributed by atoms with Gasteiger partial charge in [-0.3, -0.25) is 9.59 Å². The molecule has 3 rings (SSSR count). The van der Waals surface area contributed by atoms with Crippen LogP contribution >= 0.6 is 12.4 Å². The van der Waals surface area contributed by atoms with E-state index < -0.39 is 6.10 Å². The van der Waals surface area contributed by atoms with Gasteiger partial charge < -0.3 is 29.7 Å². The molecule has 8 nitrogen and oxygen atoms in total. The fourth-order valence-electron chi connectivity index (χ4n) is 3.55. The molecular weight excluding hydrogens is 398 g/mol. The Morgan fingerprint density at radius 3 is 2.62 bits per heavy atom. The Bertz CT molecular complexity index is 710. The van der Waals surface area contributed by atoms with Gasteiger partial charge in [0.25, 0.3) is 0 Å². The number of halogens is 1. The Balaban J connectivity index is 0.00000300. The number of nitrogens with zero attached hydrogens (tertiary/aromatic N) is 1. The van der Waals surface area contributed by atoms with Gasteiger partial charge in [-0.25, -0.2) is 0 Å². The van der Waals surface area contributed by atoms with Crippen molar-refractivity contribution in [3.63, 3.8) is 0 Å². The average molecular weight is 428 g/mol. The van der Waals surface area contributed by atoms with E-state index in [-0.39, 0.29) is 24.2 Å². The van der Waals surface area contributed by atoms with E-state index in [0.29, 0.717) is 57.1 Å². The molecule has 2 aliphatic heterocycles. The summed E-state index contributed by atoms with van der Waals surface area (Å²) in [5, 5.41) is 5.98. The van der Waals surface area contributed by atoms with Crippen LogP contribution in [0, 0.1) is 0 Å². The molecule has 162 valence electrons. The number of carbonyl (C=O) groups is 2. The Kier molecular flexibility index (Phi) is 9.00. The number of ether oxygens (including phenoxy) is 3. The maximum atomic E-state index is 12.6. The van der Waals surface area contributed by atoms with Crippen LogP contribution < -0.4 is 20.1 Å². The predicted octanol–water partition coefficient (Wildman–Crippen LogP) is 0.895. The van der Waals surface area contributed by atoms with Gasteiger partial charge in [-0.1, -0.05) is 0 Å². The number of fused-ring (bicyclic) bond motifs is 1. The highest BCUT2D eigenvalue weighted by Gasteiger charge is 2.23. The van der Waals surface area contributed by atoms with Gasteiger partial charge in [0.2, 0.25) is 11.8 Å². The number of nitrogens with one attached hydrogen (secondary N) is 2. The lowest BCUT2D eigenvalue weighted by molar-refractivity contribution is -0.135. The van der Waals surface area contributed by atoms with Crippen LogP contribution in [0.5, 0.6) is 11.5 Å². The van der Waals surface area contributed by atoms with Gasteiger partial charge in [0.1, 0.15) is 6.10 Å². The first-order valence-corrected chi connectivity index (χ1v) is 9.74. The molecule has 0 bridgehead atoms. The van der Waals surface area contributed by atoms with Crippen molar-refractivity contribution < 1.29 is 23.8 Å². The van der Waals surface area contributed by atoms with Crippen molar-refractivity contribution in [2.45, 2.75) is 31.9 Å². The molecule has 0 radical (unpaired) electrons. The van der Waals surface area contributed by atoms with E-state index in [1.54, 1.807) is 14.2 Å². The van der Waals surface area contributed by atoms with E-state index in [1.807, 2.05) is 17.0 Å². The van der Waals surface area contributed by atoms with Crippen LogP contribution in [0.1, 0.15) is 24.0 Å². The number of morpholine rings is 1. The van der Waals surface area contributed by atoms with Crippen LogP contribution in [0.4, 0.5) is 0 Å². The van der Waals surface area contributed by atoms with Crippen molar-refractivity contribution >= 4 is 24.2 Å². The van der Waals surface area contributed by atoms with Gasteiger partial charge in [-0.05, 0) is 36.1 Å². The second-order valence-corrected chi connectivity index (χ2v) is 7.00. The van der Waals surface area contributed by atoms with Gasteiger partial charge in [0, 0.05) is 39.1 Å². The van der Waals surface area contributed by atoms with Crippen molar-refractivity contribution in [3.8, 4) is 11.5 Å². The van der Waals surface area contributed by atoms with Crippen molar-refractivity contribution in [2.24, 2.45) is 0 Å². The lowest BCUT2D eigenvalue weighted by Crippen LogP contribution is -2.48. The third-order valence-corrected chi connectivity index (χ3v) is 5.16. The van der Waals surface area contributed by atoms with Gasteiger partial charge in [-0.15, -0.1) is 12.4 Å². The van der Waals surface area contributed by atoms with E-state index in [2.05, 4.69) is 10.6 Å². The summed E-state index contributed by atoms with van der Waals surface area (Å²) in [7, 11) is 3.23. The molecule has 2 heterocycles. The van der Waals surface area contributed by atoms with Crippen molar-refractivity contribution in [1.82, 2.24) is 15.5 Å². The van der Waals surface area contributed by atoms with Crippen molar-refractivity contribution in [3.05, 3.63) is 23.3 Å². The molecule has 1 aromatic rings. The average Bonchev–Trinajstić information content (AvgIpc) is 2.75. The predicted molar refractivity (Wildman–Crippen MR) is 111 cm³/mol. The molecule has 2 aliphatic rings. The zero-order valence-corrected chi connectivity index (χ0v) is 17.8. The standard InChI is InChI=1S/C20H29N3O5.ClH/c1-26-16-10-14-5-8-23(13-15(14)11-17(16)27-2)19(24)4-3-6-22-20(25)18-12-21-7-9-28-18;/h10-11,18,21H,3-9,12-13H2,1-2H3,(H,22,25);1H. The largest absolute Gasteiger partial charge is 0.493 e. The SMILES string of the molecule is COc1cc2c(cc1OC)CN(C(=O)CCCNC(=O)C1CNCCO1)CC2.Cl. The van der Waals surface area contributed by atoms with Crippen LogP contribution in [-0.4, -0.2) is 69.8 Å². The molecule has 1 atom stereocenters. The molecule has 0 spiro atoms. The van der Waals surface area contributed by atoms with Gasteiger partial charge >= 0.3 is 0 Å². The zero-order chi connectivity index (χ0) is 19.9. The van der Waals surface area contributed by atoms with Gasteiger partial charge in [0.15, 0.2) is 11.5 Å². The molecule has 1 aromatic carbocycles. The first kappa shape index (κ1) is 23.3. The van der Waals surface area contributed by atoms with E-state index in [0.717, 1.165) is 18.5 Å². The van der Waals surface area contributed by atoms with E-state index in [4.69, 9.17) is 14.2 Å². The summed E-state index contributed by atoms with van der Waals surface area (Å²) in [4.78, 5) is 26.4. The Morgan fingerprint density at radius 1 is 1.24 bits per heavy atom. The van der Waals surface area contributed by atoms with Crippen LogP contribution in [0.15, 0.2) is 12.1 Å². The van der Waals surface area contributed by atoms with Crippen LogP contribution in [0.2, 0.25) is 0 Å². The van der Waals surface area contributed by atoms with E-state index in [1.165, 1.54) is 5.56 Å². The zero-order valence-electron chi connectivity index (χ0n) is 17.0. The Labute approximate surface area is 177 Å². The first-order valence-electron chi connectivity index (χ1n) is 9.74. The molecule has 9 heteroatoms. The molecule has 29 heavy (non-hydrogen) atoms. The third kappa shape index (κ3) is 5.98. The summed E-state index contributed by atoms with van der Waals surface area (Å²) in [6, 6.07) is 3.94. The van der Waals surface area contributed by atoms with Crippen LogP contribution in [-0.2, 0) is 27.3 Å². The first-order chi connectivity index (χ1) is 13.6. The fraction of sp³-hybridized carbons (Fsp3) is 0.600. The molecule has 1 saturated heterocycles. The quantitative estimate of drug-likeness (QED) is 0.628. The summed E-state index contributed by atoms with van der Waals surface area (Å²) in [5.41, 5.74) is 2.28. The number of amides is 2. The fourth-order valence-corrected chi connectivity index (χ4v) is 3.55. The van der Waals surface area contributed by atoms with Crippen molar-refractivity contribution in [1.29, 1.82) is 0 Å². The van der Waals surface area contributed by atoms with Gasteiger partial charge in [-0.2, -0.15) is 0 Å². The maximum Gasteiger partial charge on any atom is 0.250 e. The Hall–Kier alpha value is -2.03. The number of carbonyl (C=O) groups excluding carboxylic acids is 2. The number of rotatable bonds is 7. The summed E-state index contributed by atoms with van der Waals surface area (Å²) in [6.45, 7) is 3.59. The summed E-state index contributed by atoms with van der Waals surface area (Å²) in [5.74, 6) is 1.38. The Morgan fingerprint density at radius 2 is 1.97 bits per heavy atom. The topological polar surface area (TPSA) is 89.1 Å². The number of hydrogen-bond donors (Lipinski definition) is 2. The third-order valence-electron chi connectivity index (χ3n) is 5.16. The molecule has 1 fully saturated rings. The van der Waals surface area contributed by atoms with Gasteiger partial charge in [0.05, 0.1) is 20.8 Å². The lowest BCUT2D eigenvalue weighted by Gasteiger charge is -2.30. The molecular formula is C20H30ClN3O5. The smallest absolute Gasteiger partial charge is 0.250 e. The van der Waals surface area contributed by atoms with Crippen LogP contribution in [0.3, 0.4) is 0 Å². The number of benzene rings is 1. The normalized spacial score (nSPS) is 18.3. The lowest BCUT2D eigenvalue weighted by atomic mass is 9.98. The minimum atomic E-state index is -0.435. The van der Waals surface area contributed by atoms with Crippen LogP contribution in [0.25, 0.3) is 0 Å².